The summed E-state index contributed by atoms with van der Waals surface area (Å²) in [6.45, 7) is 4.08. The molecule has 0 bridgehead atoms. The molecule has 3 rings (SSSR count). The van der Waals surface area contributed by atoms with Gasteiger partial charge in [0, 0.05) is 12.2 Å². The Hall–Kier alpha value is -3.92. The highest BCUT2D eigenvalue weighted by atomic mass is 16.5. The first kappa shape index (κ1) is 22.8. The molecule has 3 aromatic rings. The molecule has 0 aliphatic rings. The molecule has 0 radical (unpaired) electrons. The van der Waals surface area contributed by atoms with Gasteiger partial charge in [-0.05, 0) is 53.8 Å². The third-order valence-electron chi connectivity index (χ3n) is 5.08. The predicted octanol–water partition coefficient (Wildman–Crippen LogP) is 5.43. The van der Waals surface area contributed by atoms with Crippen LogP contribution in [0, 0.1) is 13.8 Å². The van der Waals surface area contributed by atoms with Crippen molar-refractivity contribution in [2.75, 3.05) is 6.61 Å². The topological polar surface area (TPSA) is 55.4 Å². The van der Waals surface area contributed by atoms with E-state index in [0.717, 1.165) is 27.8 Å². The Morgan fingerprint density at radius 3 is 2.00 bits per heavy atom. The van der Waals surface area contributed by atoms with Gasteiger partial charge in [-0.3, -0.25) is 4.79 Å². The molecular weight excluding hydrogens is 398 g/mol. The lowest BCUT2D eigenvalue weighted by Crippen LogP contribution is -2.31. The van der Waals surface area contributed by atoms with Gasteiger partial charge in [0.1, 0.15) is 6.61 Å². The number of ether oxygens (including phenoxy) is 1. The molecule has 1 N–H and O–H groups in total. The van der Waals surface area contributed by atoms with E-state index in [-0.39, 0.29) is 12.5 Å². The summed E-state index contributed by atoms with van der Waals surface area (Å²) in [4.78, 5) is 24.8. The molecule has 0 aliphatic heterocycles. The van der Waals surface area contributed by atoms with Crippen molar-refractivity contribution in [1.82, 2.24) is 5.32 Å². The van der Waals surface area contributed by atoms with Gasteiger partial charge in [0.25, 0.3) is 0 Å². The molecule has 4 heteroatoms. The maximum Gasteiger partial charge on any atom is 0.330 e. The van der Waals surface area contributed by atoms with E-state index in [1.165, 1.54) is 12.2 Å². The van der Waals surface area contributed by atoms with Crippen molar-refractivity contribution >= 4 is 24.0 Å². The number of carbonyl (C=O) groups excluding carboxylic acids is 2. The normalized spacial score (nSPS) is 12.1. The second-order valence-corrected chi connectivity index (χ2v) is 7.52. The Morgan fingerprint density at radius 2 is 1.41 bits per heavy atom. The molecule has 3 aromatic carbocycles. The molecule has 0 unspecified atom stereocenters. The van der Waals surface area contributed by atoms with Gasteiger partial charge >= 0.3 is 5.97 Å². The number of hydrogen-bond acceptors (Lipinski definition) is 3. The maximum atomic E-state index is 12.6. The molecule has 0 aliphatic carbocycles. The molecule has 0 aromatic heterocycles. The zero-order valence-electron chi connectivity index (χ0n) is 18.3. The quantitative estimate of drug-likeness (QED) is 0.387. The Kier molecular flexibility index (Phi) is 8.15. The van der Waals surface area contributed by atoms with Gasteiger partial charge in [0.05, 0.1) is 6.04 Å². The fourth-order valence-corrected chi connectivity index (χ4v) is 3.10. The highest BCUT2D eigenvalue weighted by Crippen LogP contribution is 2.18. The molecule has 0 saturated heterocycles. The van der Waals surface area contributed by atoms with Crippen LogP contribution in [0.3, 0.4) is 0 Å². The molecule has 162 valence electrons. The van der Waals surface area contributed by atoms with Gasteiger partial charge in [-0.2, -0.15) is 0 Å². The average Bonchev–Trinajstić information content (AvgIpc) is 2.82. The zero-order valence-corrected chi connectivity index (χ0v) is 18.3. The monoisotopic (exact) mass is 425 g/mol. The largest absolute Gasteiger partial charge is 0.460 e. The molecule has 1 amide bonds. The number of hydrogen-bond donors (Lipinski definition) is 1. The van der Waals surface area contributed by atoms with E-state index in [9.17, 15) is 9.59 Å². The fourth-order valence-electron chi connectivity index (χ4n) is 3.10. The maximum absolute atomic E-state index is 12.6. The van der Waals surface area contributed by atoms with Gasteiger partial charge in [0.15, 0.2) is 0 Å². The molecule has 0 fully saturated rings. The van der Waals surface area contributed by atoms with Crippen molar-refractivity contribution in [3.63, 3.8) is 0 Å². The third-order valence-corrected chi connectivity index (χ3v) is 5.08. The first-order valence-corrected chi connectivity index (χ1v) is 10.5. The fraction of sp³-hybridized carbons (Fsp3) is 0.143. The van der Waals surface area contributed by atoms with E-state index >= 15 is 0 Å². The summed E-state index contributed by atoms with van der Waals surface area (Å²) in [6.07, 6.45) is 6.33. The van der Waals surface area contributed by atoms with Crippen LogP contribution in [-0.4, -0.2) is 18.5 Å². The molecule has 4 nitrogen and oxygen atoms in total. The second-order valence-electron chi connectivity index (χ2n) is 7.52. The SMILES string of the molecule is Cc1ccc([C@@H](COC(=O)/C=C/c2ccccc2)NC(=O)/C=C/c2ccccc2)cc1C. The van der Waals surface area contributed by atoms with Crippen LogP contribution in [0.25, 0.3) is 12.2 Å². The summed E-state index contributed by atoms with van der Waals surface area (Å²) in [5.74, 6) is -0.718. The first-order chi connectivity index (χ1) is 15.5. The first-order valence-electron chi connectivity index (χ1n) is 10.5. The number of aryl methyl sites for hydroxylation is 2. The standard InChI is InChI=1S/C28H27NO3/c1-21-13-16-25(19-22(21)2)26(29-27(30)17-14-23-9-5-3-6-10-23)20-32-28(31)18-15-24-11-7-4-8-12-24/h3-19,26H,20H2,1-2H3,(H,29,30)/b17-14+,18-15+/t26-/m1/s1. The molecule has 32 heavy (non-hydrogen) atoms. The lowest BCUT2D eigenvalue weighted by molar-refractivity contribution is -0.139. The summed E-state index contributed by atoms with van der Waals surface area (Å²) in [6, 6.07) is 24.6. The predicted molar refractivity (Wildman–Crippen MR) is 129 cm³/mol. The minimum Gasteiger partial charge on any atom is -0.460 e. The van der Waals surface area contributed by atoms with E-state index in [4.69, 9.17) is 4.74 Å². The van der Waals surface area contributed by atoms with Gasteiger partial charge in [0.2, 0.25) is 5.91 Å². The van der Waals surface area contributed by atoms with Crippen LogP contribution in [-0.2, 0) is 14.3 Å². The van der Waals surface area contributed by atoms with Crippen LogP contribution >= 0.6 is 0 Å². The van der Waals surface area contributed by atoms with Crippen molar-refractivity contribution in [3.05, 3.63) is 119 Å². The minimum absolute atomic E-state index is 0.0331. The van der Waals surface area contributed by atoms with E-state index < -0.39 is 12.0 Å². The average molecular weight is 426 g/mol. The number of benzene rings is 3. The van der Waals surface area contributed by atoms with Crippen molar-refractivity contribution in [2.45, 2.75) is 19.9 Å². The molecule has 1 atom stereocenters. The Bertz CT molecular complexity index is 1100. The smallest absolute Gasteiger partial charge is 0.330 e. The highest BCUT2D eigenvalue weighted by molar-refractivity contribution is 5.92. The summed E-state index contributed by atoms with van der Waals surface area (Å²) in [5, 5.41) is 2.95. The molecule has 0 heterocycles. The number of esters is 1. The van der Waals surface area contributed by atoms with Gasteiger partial charge in [-0.25, -0.2) is 4.79 Å². The van der Waals surface area contributed by atoms with E-state index in [1.54, 1.807) is 12.2 Å². The molecule has 0 spiro atoms. The number of carbonyl (C=O) groups is 2. The number of amides is 1. The van der Waals surface area contributed by atoms with Crippen LogP contribution in [0.1, 0.15) is 33.9 Å². The molecule has 0 saturated carbocycles. The highest BCUT2D eigenvalue weighted by Gasteiger charge is 2.16. The lowest BCUT2D eigenvalue weighted by atomic mass is 10.0. The van der Waals surface area contributed by atoms with Crippen LogP contribution in [0.4, 0.5) is 0 Å². The number of rotatable bonds is 8. The van der Waals surface area contributed by atoms with Crippen molar-refractivity contribution in [2.24, 2.45) is 0 Å². The van der Waals surface area contributed by atoms with Gasteiger partial charge in [-0.15, -0.1) is 0 Å². The second kappa shape index (κ2) is 11.5. The zero-order chi connectivity index (χ0) is 22.8. The van der Waals surface area contributed by atoms with Crippen molar-refractivity contribution < 1.29 is 14.3 Å². The summed E-state index contributed by atoms with van der Waals surface area (Å²) in [5.41, 5.74) is 4.99. The summed E-state index contributed by atoms with van der Waals surface area (Å²) < 4.78 is 5.45. The lowest BCUT2D eigenvalue weighted by Gasteiger charge is -2.19. The molecular formula is C28H27NO3. The Morgan fingerprint density at radius 1 is 0.812 bits per heavy atom. The van der Waals surface area contributed by atoms with Crippen LogP contribution in [0.2, 0.25) is 0 Å². The van der Waals surface area contributed by atoms with E-state index in [0.29, 0.717) is 0 Å². The van der Waals surface area contributed by atoms with E-state index in [1.807, 2.05) is 92.7 Å². The third kappa shape index (κ3) is 7.10. The Balaban J connectivity index is 1.68. The van der Waals surface area contributed by atoms with Crippen LogP contribution in [0.5, 0.6) is 0 Å². The summed E-state index contributed by atoms with van der Waals surface area (Å²) in [7, 11) is 0. The van der Waals surface area contributed by atoms with Gasteiger partial charge < -0.3 is 10.1 Å². The number of nitrogens with one attached hydrogen (secondary N) is 1. The minimum atomic E-state index is -0.462. The van der Waals surface area contributed by atoms with Crippen molar-refractivity contribution in [1.29, 1.82) is 0 Å². The Labute approximate surface area is 189 Å². The van der Waals surface area contributed by atoms with E-state index in [2.05, 4.69) is 5.32 Å². The van der Waals surface area contributed by atoms with Gasteiger partial charge in [-0.1, -0.05) is 78.9 Å². The van der Waals surface area contributed by atoms with Crippen LogP contribution < -0.4 is 5.32 Å². The van der Waals surface area contributed by atoms with Crippen LogP contribution in [0.15, 0.2) is 91.0 Å². The summed E-state index contributed by atoms with van der Waals surface area (Å²) >= 11 is 0. The van der Waals surface area contributed by atoms with Crippen molar-refractivity contribution in [3.8, 4) is 0 Å².